The normalized spacial score (nSPS) is 11.6. The maximum absolute atomic E-state index is 9.00. The standard InChI is InChI=1S/C15H23N3O/c1-17(2)10-6-11-18-14-8-4-3-7-13(14)16-15(18)9-5-12-19/h3-4,7-8,19H,5-6,9-12H2,1-2H3. The van der Waals surface area contributed by atoms with Gasteiger partial charge in [0.2, 0.25) is 0 Å². The Balaban J connectivity index is 2.21. The highest BCUT2D eigenvalue weighted by atomic mass is 16.2. The Morgan fingerprint density at radius 1 is 1.21 bits per heavy atom. The summed E-state index contributed by atoms with van der Waals surface area (Å²) in [7, 11) is 4.19. The minimum Gasteiger partial charge on any atom is -0.396 e. The van der Waals surface area contributed by atoms with Crippen molar-refractivity contribution in [3.63, 3.8) is 0 Å². The predicted octanol–water partition coefficient (Wildman–Crippen LogP) is 1.91. The molecule has 4 heteroatoms. The lowest BCUT2D eigenvalue weighted by molar-refractivity contribution is 0.286. The van der Waals surface area contributed by atoms with Gasteiger partial charge in [-0.3, -0.25) is 0 Å². The lowest BCUT2D eigenvalue weighted by Crippen LogP contribution is -2.16. The third-order valence-electron chi connectivity index (χ3n) is 3.28. The van der Waals surface area contributed by atoms with Crippen LogP contribution in [0.3, 0.4) is 0 Å². The number of aryl methyl sites for hydroxylation is 2. The fraction of sp³-hybridized carbons (Fsp3) is 0.533. The largest absolute Gasteiger partial charge is 0.396 e. The molecule has 2 rings (SSSR count). The maximum Gasteiger partial charge on any atom is 0.109 e. The van der Waals surface area contributed by atoms with Gasteiger partial charge in [0.15, 0.2) is 0 Å². The number of benzene rings is 1. The van der Waals surface area contributed by atoms with E-state index in [0.29, 0.717) is 0 Å². The van der Waals surface area contributed by atoms with Gasteiger partial charge < -0.3 is 14.6 Å². The van der Waals surface area contributed by atoms with Crippen molar-refractivity contribution in [1.82, 2.24) is 14.5 Å². The average molecular weight is 261 g/mol. The van der Waals surface area contributed by atoms with Gasteiger partial charge in [-0.2, -0.15) is 0 Å². The number of imidazole rings is 1. The van der Waals surface area contributed by atoms with Crippen LogP contribution in [0.25, 0.3) is 11.0 Å². The average Bonchev–Trinajstić information content (AvgIpc) is 2.74. The molecule has 19 heavy (non-hydrogen) atoms. The van der Waals surface area contributed by atoms with Crippen LogP contribution in [0.5, 0.6) is 0 Å². The number of hydrogen-bond acceptors (Lipinski definition) is 3. The minimum atomic E-state index is 0.223. The van der Waals surface area contributed by atoms with Crippen molar-refractivity contribution in [3.05, 3.63) is 30.1 Å². The van der Waals surface area contributed by atoms with Gasteiger partial charge in [0.05, 0.1) is 11.0 Å². The fourth-order valence-electron chi connectivity index (χ4n) is 2.35. The van der Waals surface area contributed by atoms with E-state index in [2.05, 4.69) is 46.7 Å². The van der Waals surface area contributed by atoms with Crippen LogP contribution in [0.2, 0.25) is 0 Å². The smallest absolute Gasteiger partial charge is 0.109 e. The Labute approximate surface area is 114 Å². The van der Waals surface area contributed by atoms with Crippen molar-refractivity contribution in [1.29, 1.82) is 0 Å². The summed E-state index contributed by atoms with van der Waals surface area (Å²) in [4.78, 5) is 6.89. The van der Waals surface area contributed by atoms with E-state index in [-0.39, 0.29) is 6.61 Å². The molecule has 1 aromatic heterocycles. The number of para-hydroxylation sites is 2. The van der Waals surface area contributed by atoms with Crippen LogP contribution in [0, 0.1) is 0 Å². The topological polar surface area (TPSA) is 41.3 Å². The molecule has 0 radical (unpaired) electrons. The number of aromatic nitrogens is 2. The molecule has 0 bridgehead atoms. The van der Waals surface area contributed by atoms with E-state index in [9.17, 15) is 0 Å². The summed E-state index contributed by atoms with van der Waals surface area (Å²) < 4.78 is 2.30. The van der Waals surface area contributed by atoms with Gasteiger partial charge in [0, 0.05) is 19.6 Å². The molecule has 0 aliphatic rings. The van der Waals surface area contributed by atoms with Crippen LogP contribution in [0.4, 0.5) is 0 Å². The van der Waals surface area contributed by atoms with Crippen LogP contribution >= 0.6 is 0 Å². The fourth-order valence-corrected chi connectivity index (χ4v) is 2.35. The van der Waals surface area contributed by atoms with Crippen molar-refractivity contribution in [2.75, 3.05) is 27.2 Å². The highest BCUT2D eigenvalue weighted by molar-refractivity contribution is 5.75. The molecule has 4 nitrogen and oxygen atoms in total. The highest BCUT2D eigenvalue weighted by Crippen LogP contribution is 2.17. The number of aliphatic hydroxyl groups is 1. The third kappa shape index (κ3) is 3.55. The van der Waals surface area contributed by atoms with Crippen molar-refractivity contribution >= 4 is 11.0 Å². The van der Waals surface area contributed by atoms with Crippen LogP contribution in [-0.4, -0.2) is 46.8 Å². The summed E-state index contributed by atoms with van der Waals surface area (Å²) in [6, 6.07) is 8.26. The van der Waals surface area contributed by atoms with Crippen molar-refractivity contribution in [2.45, 2.75) is 25.8 Å². The van der Waals surface area contributed by atoms with E-state index in [0.717, 1.165) is 43.7 Å². The third-order valence-corrected chi connectivity index (χ3v) is 3.28. The molecule has 1 aromatic carbocycles. The summed E-state index contributed by atoms with van der Waals surface area (Å²) in [6.07, 6.45) is 2.73. The van der Waals surface area contributed by atoms with Crippen LogP contribution in [0.15, 0.2) is 24.3 Å². The molecule has 0 aliphatic heterocycles. The van der Waals surface area contributed by atoms with Gasteiger partial charge in [-0.25, -0.2) is 4.98 Å². The predicted molar refractivity (Wildman–Crippen MR) is 78.3 cm³/mol. The first-order chi connectivity index (χ1) is 9.22. The van der Waals surface area contributed by atoms with Crippen molar-refractivity contribution in [3.8, 4) is 0 Å². The van der Waals surface area contributed by atoms with Gasteiger partial charge in [0.25, 0.3) is 0 Å². The molecular weight excluding hydrogens is 238 g/mol. The molecule has 0 atom stereocenters. The van der Waals surface area contributed by atoms with Crippen LogP contribution in [-0.2, 0) is 13.0 Å². The second-order valence-electron chi connectivity index (χ2n) is 5.15. The minimum absolute atomic E-state index is 0.223. The molecule has 1 heterocycles. The maximum atomic E-state index is 9.00. The Morgan fingerprint density at radius 3 is 2.74 bits per heavy atom. The number of fused-ring (bicyclic) bond motifs is 1. The zero-order chi connectivity index (χ0) is 13.7. The monoisotopic (exact) mass is 261 g/mol. The lowest BCUT2D eigenvalue weighted by Gasteiger charge is -2.12. The molecule has 0 saturated heterocycles. The lowest BCUT2D eigenvalue weighted by atomic mass is 10.3. The number of nitrogens with zero attached hydrogens (tertiary/aromatic N) is 3. The Bertz CT molecular complexity index is 519. The van der Waals surface area contributed by atoms with E-state index in [1.807, 2.05) is 6.07 Å². The second-order valence-corrected chi connectivity index (χ2v) is 5.15. The number of rotatable bonds is 7. The SMILES string of the molecule is CN(C)CCCn1c(CCCO)nc2ccccc21. The van der Waals surface area contributed by atoms with E-state index in [4.69, 9.17) is 5.11 Å². The van der Waals surface area contributed by atoms with Crippen LogP contribution in [0.1, 0.15) is 18.7 Å². The molecule has 104 valence electrons. The quantitative estimate of drug-likeness (QED) is 0.828. The van der Waals surface area contributed by atoms with E-state index in [1.54, 1.807) is 0 Å². The first kappa shape index (κ1) is 14.0. The van der Waals surface area contributed by atoms with Gasteiger partial charge in [0.1, 0.15) is 5.82 Å². The summed E-state index contributed by atoms with van der Waals surface area (Å²) in [5.74, 6) is 1.09. The Morgan fingerprint density at radius 2 is 2.00 bits per heavy atom. The highest BCUT2D eigenvalue weighted by Gasteiger charge is 2.09. The van der Waals surface area contributed by atoms with Crippen molar-refractivity contribution in [2.24, 2.45) is 0 Å². The molecule has 1 N–H and O–H groups in total. The summed E-state index contributed by atoms with van der Waals surface area (Å²) in [5.41, 5.74) is 2.26. The summed E-state index contributed by atoms with van der Waals surface area (Å²) in [6.45, 7) is 2.28. The van der Waals surface area contributed by atoms with E-state index < -0.39 is 0 Å². The zero-order valence-corrected chi connectivity index (χ0v) is 11.8. The second kappa shape index (κ2) is 6.68. The molecule has 0 amide bonds. The molecule has 0 spiro atoms. The Kier molecular flexibility index (Phi) is 4.93. The molecule has 2 aromatic rings. The summed E-state index contributed by atoms with van der Waals surface area (Å²) in [5, 5.41) is 9.00. The first-order valence-electron chi connectivity index (χ1n) is 6.92. The van der Waals surface area contributed by atoms with E-state index >= 15 is 0 Å². The van der Waals surface area contributed by atoms with Crippen LogP contribution < -0.4 is 0 Å². The molecule has 0 fully saturated rings. The zero-order valence-electron chi connectivity index (χ0n) is 11.8. The molecular formula is C15H23N3O. The first-order valence-corrected chi connectivity index (χ1v) is 6.92. The van der Waals surface area contributed by atoms with Gasteiger partial charge in [-0.05, 0) is 45.6 Å². The number of hydrogen-bond donors (Lipinski definition) is 1. The summed E-state index contributed by atoms with van der Waals surface area (Å²) >= 11 is 0. The Hall–Kier alpha value is -1.39. The van der Waals surface area contributed by atoms with E-state index in [1.165, 1.54) is 5.52 Å². The molecule has 0 aliphatic carbocycles. The molecule has 0 unspecified atom stereocenters. The van der Waals surface area contributed by atoms with Gasteiger partial charge >= 0.3 is 0 Å². The van der Waals surface area contributed by atoms with Crippen molar-refractivity contribution < 1.29 is 5.11 Å². The van der Waals surface area contributed by atoms with Gasteiger partial charge in [-0.1, -0.05) is 12.1 Å². The number of aliphatic hydroxyl groups excluding tert-OH is 1. The molecule has 0 saturated carbocycles. The van der Waals surface area contributed by atoms with Gasteiger partial charge in [-0.15, -0.1) is 0 Å².